The third-order valence-electron chi connectivity index (χ3n) is 2.73. The van der Waals surface area contributed by atoms with Gasteiger partial charge in [-0.1, -0.05) is 0 Å². The summed E-state index contributed by atoms with van der Waals surface area (Å²) in [6.45, 7) is 1.42. The number of hydrogen-bond donors (Lipinski definition) is 0. The van der Waals surface area contributed by atoms with Gasteiger partial charge in [0.1, 0.15) is 5.78 Å². The molecule has 0 fully saturated rings. The highest BCUT2D eigenvalue weighted by molar-refractivity contribution is 7.91. The van der Waals surface area contributed by atoms with Gasteiger partial charge >= 0.3 is 6.18 Å². The first-order chi connectivity index (χ1) is 9.13. The van der Waals surface area contributed by atoms with Gasteiger partial charge in [0.25, 0.3) is 0 Å². The largest absolute Gasteiger partial charge is 0.416 e. The molecule has 0 heterocycles. The van der Waals surface area contributed by atoms with Crippen LogP contribution in [0, 0.1) is 0 Å². The Morgan fingerprint density at radius 3 is 2.10 bits per heavy atom. The molecule has 0 aromatic heterocycles. The van der Waals surface area contributed by atoms with Gasteiger partial charge in [0.2, 0.25) is 0 Å². The van der Waals surface area contributed by atoms with Gasteiger partial charge in [0.15, 0.2) is 9.84 Å². The number of rotatable bonds is 6. The van der Waals surface area contributed by atoms with Crippen molar-refractivity contribution in [2.24, 2.45) is 0 Å². The number of hydrogen-bond acceptors (Lipinski definition) is 3. The molecule has 0 unspecified atom stereocenters. The van der Waals surface area contributed by atoms with Crippen molar-refractivity contribution in [1.29, 1.82) is 0 Å². The van der Waals surface area contributed by atoms with E-state index in [1.807, 2.05) is 0 Å². The normalized spacial score (nSPS) is 12.4. The van der Waals surface area contributed by atoms with E-state index in [0.29, 0.717) is 19.3 Å². The molecule has 20 heavy (non-hydrogen) atoms. The molecular formula is C13H15F3O3S. The van der Waals surface area contributed by atoms with Gasteiger partial charge in [-0.2, -0.15) is 13.2 Å². The Bertz CT molecular complexity index is 560. The van der Waals surface area contributed by atoms with Gasteiger partial charge in [0, 0.05) is 6.42 Å². The van der Waals surface area contributed by atoms with Gasteiger partial charge in [-0.15, -0.1) is 0 Å². The maximum Gasteiger partial charge on any atom is 0.416 e. The van der Waals surface area contributed by atoms with Gasteiger partial charge < -0.3 is 4.79 Å². The molecule has 1 aromatic carbocycles. The summed E-state index contributed by atoms with van der Waals surface area (Å²) in [6, 6.07) is 3.43. The Balaban J connectivity index is 2.71. The SMILES string of the molecule is CC(=O)CCCCS(=O)(=O)c1ccc(C(F)(F)F)cc1. The van der Waals surface area contributed by atoms with E-state index in [1.54, 1.807) is 0 Å². The third-order valence-corrected chi connectivity index (χ3v) is 4.55. The molecule has 0 aliphatic carbocycles. The number of benzene rings is 1. The smallest absolute Gasteiger partial charge is 0.300 e. The predicted octanol–water partition coefficient (Wildman–Crippen LogP) is 3.24. The fourth-order valence-corrected chi connectivity index (χ4v) is 3.01. The summed E-state index contributed by atoms with van der Waals surface area (Å²) in [7, 11) is -3.60. The number of sulfone groups is 1. The van der Waals surface area contributed by atoms with E-state index in [0.717, 1.165) is 24.3 Å². The van der Waals surface area contributed by atoms with Crippen LogP contribution >= 0.6 is 0 Å². The zero-order chi connectivity index (χ0) is 15.4. The number of Topliss-reactive ketones (excluding diaryl/α,β-unsaturated/α-hetero) is 1. The lowest BCUT2D eigenvalue weighted by Crippen LogP contribution is -2.09. The van der Waals surface area contributed by atoms with Gasteiger partial charge in [-0.3, -0.25) is 0 Å². The lowest BCUT2D eigenvalue weighted by atomic mass is 10.2. The summed E-state index contributed by atoms with van der Waals surface area (Å²) in [6.07, 6.45) is -3.41. The van der Waals surface area contributed by atoms with Gasteiger partial charge in [0.05, 0.1) is 16.2 Å². The lowest BCUT2D eigenvalue weighted by Gasteiger charge is -2.08. The van der Waals surface area contributed by atoms with Crippen LogP contribution in [-0.4, -0.2) is 20.0 Å². The summed E-state index contributed by atoms with van der Waals surface area (Å²) in [4.78, 5) is 10.6. The van der Waals surface area contributed by atoms with Crippen molar-refractivity contribution < 1.29 is 26.4 Å². The average Bonchev–Trinajstić information content (AvgIpc) is 2.34. The molecule has 0 bridgehead atoms. The molecule has 0 atom stereocenters. The molecule has 0 amide bonds. The molecule has 0 radical (unpaired) electrons. The highest BCUT2D eigenvalue weighted by Crippen LogP contribution is 2.29. The summed E-state index contributed by atoms with van der Waals surface area (Å²) in [5.74, 6) is -0.192. The molecular weight excluding hydrogens is 293 g/mol. The summed E-state index contributed by atoms with van der Waals surface area (Å²) in [5, 5.41) is 0. The quantitative estimate of drug-likeness (QED) is 0.758. The second-order valence-corrected chi connectivity index (χ2v) is 6.61. The lowest BCUT2D eigenvalue weighted by molar-refractivity contribution is -0.137. The Morgan fingerprint density at radius 2 is 1.65 bits per heavy atom. The van der Waals surface area contributed by atoms with Crippen LogP contribution in [0.3, 0.4) is 0 Å². The molecule has 1 rings (SSSR count). The second-order valence-electron chi connectivity index (χ2n) is 4.50. The Kier molecular flexibility index (Phi) is 5.33. The standard InChI is InChI=1S/C13H15F3O3S/c1-10(17)4-2-3-9-20(18,19)12-7-5-11(6-8-12)13(14,15)16/h5-8H,2-4,9H2,1H3. The number of carbonyl (C=O) groups is 1. The van der Waals surface area contributed by atoms with E-state index < -0.39 is 21.6 Å². The molecule has 0 saturated heterocycles. The van der Waals surface area contributed by atoms with E-state index in [-0.39, 0.29) is 16.4 Å². The van der Waals surface area contributed by atoms with Crippen molar-refractivity contribution in [3.05, 3.63) is 29.8 Å². The van der Waals surface area contributed by atoms with Crippen LogP contribution in [0.5, 0.6) is 0 Å². The highest BCUT2D eigenvalue weighted by Gasteiger charge is 2.30. The van der Waals surface area contributed by atoms with Crippen molar-refractivity contribution in [2.75, 3.05) is 5.75 Å². The fourth-order valence-electron chi connectivity index (χ4n) is 1.64. The Morgan fingerprint density at radius 1 is 1.10 bits per heavy atom. The van der Waals surface area contributed by atoms with Crippen LogP contribution in [0.25, 0.3) is 0 Å². The molecule has 0 spiro atoms. The molecule has 0 aliphatic heterocycles. The molecule has 0 aliphatic rings. The van der Waals surface area contributed by atoms with Crippen LogP contribution in [0.1, 0.15) is 31.7 Å². The van der Waals surface area contributed by atoms with Crippen LogP contribution in [-0.2, 0) is 20.8 Å². The molecule has 0 N–H and O–H groups in total. The zero-order valence-corrected chi connectivity index (χ0v) is 11.7. The van der Waals surface area contributed by atoms with Crippen LogP contribution < -0.4 is 0 Å². The molecule has 1 aromatic rings. The second kappa shape index (κ2) is 6.39. The first-order valence-corrected chi connectivity index (χ1v) is 7.67. The van der Waals surface area contributed by atoms with Crippen LogP contribution in [0.2, 0.25) is 0 Å². The number of carbonyl (C=O) groups excluding carboxylic acids is 1. The van der Waals surface area contributed by atoms with Crippen molar-refractivity contribution in [3.63, 3.8) is 0 Å². The summed E-state index contributed by atoms with van der Waals surface area (Å²) >= 11 is 0. The number of alkyl halides is 3. The third kappa shape index (κ3) is 4.96. The average molecular weight is 308 g/mol. The number of halogens is 3. The monoisotopic (exact) mass is 308 g/mol. The summed E-state index contributed by atoms with van der Waals surface area (Å²) in [5.41, 5.74) is -0.881. The first kappa shape index (κ1) is 16.7. The fraction of sp³-hybridized carbons (Fsp3) is 0.462. The van der Waals surface area contributed by atoms with E-state index in [9.17, 15) is 26.4 Å². The Hall–Kier alpha value is -1.37. The maximum atomic E-state index is 12.4. The van der Waals surface area contributed by atoms with Gasteiger partial charge in [-0.25, -0.2) is 8.42 Å². The van der Waals surface area contributed by atoms with E-state index in [4.69, 9.17) is 0 Å². The molecule has 3 nitrogen and oxygen atoms in total. The number of unbranched alkanes of at least 4 members (excludes halogenated alkanes) is 1. The van der Waals surface area contributed by atoms with Crippen molar-refractivity contribution in [2.45, 2.75) is 37.3 Å². The van der Waals surface area contributed by atoms with Crippen LogP contribution in [0.4, 0.5) is 13.2 Å². The van der Waals surface area contributed by atoms with Crippen LogP contribution in [0.15, 0.2) is 29.2 Å². The molecule has 0 saturated carbocycles. The van der Waals surface area contributed by atoms with Crippen molar-refractivity contribution in [3.8, 4) is 0 Å². The summed E-state index contributed by atoms with van der Waals surface area (Å²) < 4.78 is 60.8. The Labute approximate surface area is 115 Å². The number of ketones is 1. The van der Waals surface area contributed by atoms with Crippen molar-refractivity contribution in [1.82, 2.24) is 0 Å². The zero-order valence-electron chi connectivity index (χ0n) is 10.9. The predicted molar refractivity (Wildman–Crippen MR) is 68.0 cm³/mol. The minimum absolute atomic E-state index is 0.0167. The van der Waals surface area contributed by atoms with E-state index in [2.05, 4.69) is 0 Å². The van der Waals surface area contributed by atoms with E-state index in [1.165, 1.54) is 6.92 Å². The molecule has 112 valence electrons. The van der Waals surface area contributed by atoms with E-state index >= 15 is 0 Å². The highest BCUT2D eigenvalue weighted by atomic mass is 32.2. The van der Waals surface area contributed by atoms with Gasteiger partial charge in [-0.05, 0) is 44.0 Å². The topological polar surface area (TPSA) is 51.2 Å². The van der Waals surface area contributed by atoms with Crippen molar-refractivity contribution >= 4 is 15.6 Å². The minimum atomic E-state index is -4.48. The minimum Gasteiger partial charge on any atom is -0.300 e. The maximum absolute atomic E-state index is 12.4. The first-order valence-electron chi connectivity index (χ1n) is 6.02. The molecule has 7 heteroatoms.